The van der Waals surface area contributed by atoms with Gasteiger partial charge < -0.3 is 9.88 Å². The first-order valence-corrected chi connectivity index (χ1v) is 5.79. The van der Waals surface area contributed by atoms with E-state index in [1.807, 2.05) is 4.57 Å². The van der Waals surface area contributed by atoms with Gasteiger partial charge >= 0.3 is 0 Å². The average Bonchev–Trinajstić information content (AvgIpc) is 2.70. The van der Waals surface area contributed by atoms with Crippen LogP contribution in [0, 0.1) is 0 Å². The van der Waals surface area contributed by atoms with Crippen molar-refractivity contribution in [3.05, 3.63) is 55.2 Å². The van der Waals surface area contributed by atoms with Crippen LogP contribution in [-0.2, 0) is 24.3 Å². The lowest BCUT2D eigenvalue weighted by molar-refractivity contribution is -0.117. The summed E-state index contributed by atoms with van der Waals surface area (Å²) >= 11 is 0. The summed E-state index contributed by atoms with van der Waals surface area (Å²) in [6.45, 7) is 13.8. The lowest BCUT2D eigenvalue weighted by atomic mass is 10.3. The van der Waals surface area contributed by atoms with Gasteiger partial charge in [0, 0.05) is 18.5 Å². The number of nitrogens with zero attached hydrogens (tertiary/aromatic N) is 2. The highest BCUT2D eigenvalue weighted by Crippen LogP contribution is 2.07. The molecule has 4 heteroatoms. The lowest BCUT2D eigenvalue weighted by Crippen LogP contribution is -2.24. The van der Waals surface area contributed by atoms with Crippen LogP contribution < -0.4 is 5.32 Å². The zero-order valence-electron chi connectivity index (χ0n) is 10.8. The van der Waals surface area contributed by atoms with Crippen LogP contribution in [-0.4, -0.2) is 15.5 Å². The summed E-state index contributed by atoms with van der Waals surface area (Å²) in [5.41, 5.74) is 1.44. The van der Waals surface area contributed by atoms with Gasteiger partial charge in [-0.05, 0) is 6.92 Å². The van der Waals surface area contributed by atoms with E-state index in [-0.39, 0.29) is 5.91 Å². The number of rotatable bonds is 7. The Balaban J connectivity index is 2.81. The van der Waals surface area contributed by atoms with E-state index in [2.05, 4.69) is 30.0 Å². The standard InChI is InChI=1S/C14H19N3O/c1-5-7-13-15-9-12(17(13)8-6-2)10-16-14(18)11(3)4/h5-6,9H,1-3,7-8,10H2,4H3,(H,16,18). The Morgan fingerprint density at radius 2 is 2.22 bits per heavy atom. The Hall–Kier alpha value is -2.10. The molecule has 96 valence electrons. The molecule has 0 unspecified atom stereocenters. The molecule has 1 rings (SSSR count). The van der Waals surface area contributed by atoms with Crippen molar-refractivity contribution in [2.24, 2.45) is 0 Å². The highest BCUT2D eigenvalue weighted by atomic mass is 16.1. The van der Waals surface area contributed by atoms with Crippen LogP contribution in [0.15, 0.2) is 43.7 Å². The summed E-state index contributed by atoms with van der Waals surface area (Å²) in [5.74, 6) is 0.774. The minimum Gasteiger partial charge on any atom is -0.347 e. The second-order valence-corrected chi connectivity index (χ2v) is 4.02. The molecular formula is C14H19N3O. The molecule has 0 aliphatic rings. The Kier molecular flexibility index (Phi) is 5.11. The summed E-state index contributed by atoms with van der Waals surface area (Å²) in [6.07, 6.45) is 6.07. The molecule has 1 aromatic rings. The Bertz CT molecular complexity index is 471. The topological polar surface area (TPSA) is 46.9 Å². The number of aromatic nitrogens is 2. The zero-order valence-corrected chi connectivity index (χ0v) is 10.8. The Labute approximate surface area is 108 Å². The summed E-state index contributed by atoms with van der Waals surface area (Å²) in [5, 5.41) is 2.79. The van der Waals surface area contributed by atoms with E-state index in [9.17, 15) is 4.79 Å². The number of allylic oxidation sites excluding steroid dienone is 2. The molecule has 1 amide bonds. The molecule has 0 saturated carbocycles. The Morgan fingerprint density at radius 1 is 1.50 bits per heavy atom. The Morgan fingerprint density at radius 3 is 2.78 bits per heavy atom. The van der Waals surface area contributed by atoms with Crippen molar-refractivity contribution in [1.29, 1.82) is 0 Å². The van der Waals surface area contributed by atoms with Gasteiger partial charge in [-0.1, -0.05) is 18.7 Å². The molecule has 1 aromatic heterocycles. The van der Waals surface area contributed by atoms with Crippen LogP contribution in [0.2, 0.25) is 0 Å². The molecule has 1 N–H and O–H groups in total. The van der Waals surface area contributed by atoms with Crippen LogP contribution in [0.25, 0.3) is 0 Å². The van der Waals surface area contributed by atoms with Crippen molar-refractivity contribution in [2.75, 3.05) is 0 Å². The highest BCUT2D eigenvalue weighted by Gasteiger charge is 2.09. The van der Waals surface area contributed by atoms with E-state index >= 15 is 0 Å². The third kappa shape index (κ3) is 3.45. The van der Waals surface area contributed by atoms with Crippen molar-refractivity contribution in [3.8, 4) is 0 Å². The maximum absolute atomic E-state index is 11.4. The van der Waals surface area contributed by atoms with E-state index in [4.69, 9.17) is 0 Å². The number of hydrogen-bond donors (Lipinski definition) is 1. The summed E-state index contributed by atoms with van der Waals surface area (Å²) in [4.78, 5) is 15.8. The molecule has 0 atom stereocenters. The minimum atomic E-state index is -0.147. The van der Waals surface area contributed by atoms with Gasteiger partial charge in [0.2, 0.25) is 5.91 Å². The molecule has 0 saturated heterocycles. The van der Waals surface area contributed by atoms with Gasteiger partial charge in [-0.2, -0.15) is 0 Å². The maximum Gasteiger partial charge on any atom is 0.246 e. The number of carbonyl (C=O) groups is 1. The summed E-state index contributed by atoms with van der Waals surface area (Å²) in [6, 6.07) is 0. The highest BCUT2D eigenvalue weighted by molar-refractivity contribution is 5.91. The summed E-state index contributed by atoms with van der Waals surface area (Å²) < 4.78 is 2.02. The first-order chi connectivity index (χ1) is 8.60. The van der Waals surface area contributed by atoms with Gasteiger partial charge in [0.05, 0.1) is 18.4 Å². The molecule has 0 aliphatic carbocycles. The van der Waals surface area contributed by atoms with E-state index in [1.165, 1.54) is 0 Å². The van der Waals surface area contributed by atoms with Crippen molar-refractivity contribution in [2.45, 2.75) is 26.4 Å². The van der Waals surface area contributed by atoms with Crippen molar-refractivity contribution < 1.29 is 4.79 Å². The predicted octanol–water partition coefficient (Wildman–Crippen LogP) is 1.99. The molecule has 0 aromatic carbocycles. The number of hydrogen-bond acceptors (Lipinski definition) is 2. The van der Waals surface area contributed by atoms with Crippen LogP contribution in [0.5, 0.6) is 0 Å². The fourth-order valence-corrected chi connectivity index (χ4v) is 1.56. The molecular weight excluding hydrogens is 226 g/mol. The molecule has 18 heavy (non-hydrogen) atoms. The number of amides is 1. The van der Waals surface area contributed by atoms with Gasteiger partial charge in [-0.25, -0.2) is 4.98 Å². The van der Waals surface area contributed by atoms with Crippen molar-refractivity contribution in [3.63, 3.8) is 0 Å². The molecule has 4 nitrogen and oxygen atoms in total. The smallest absolute Gasteiger partial charge is 0.246 e. The monoisotopic (exact) mass is 245 g/mol. The first kappa shape index (κ1) is 14.0. The van der Waals surface area contributed by atoms with Crippen LogP contribution in [0.1, 0.15) is 18.4 Å². The van der Waals surface area contributed by atoms with Crippen molar-refractivity contribution in [1.82, 2.24) is 14.9 Å². The van der Waals surface area contributed by atoms with Crippen molar-refractivity contribution >= 4 is 5.91 Å². The third-order valence-electron chi connectivity index (χ3n) is 2.48. The minimum absolute atomic E-state index is 0.147. The van der Waals surface area contributed by atoms with E-state index in [0.717, 1.165) is 11.5 Å². The summed E-state index contributed by atoms with van der Waals surface area (Å²) in [7, 11) is 0. The quantitative estimate of drug-likeness (QED) is 0.590. The van der Waals surface area contributed by atoms with E-state index in [1.54, 1.807) is 25.3 Å². The average molecular weight is 245 g/mol. The molecule has 0 bridgehead atoms. The van der Waals surface area contributed by atoms with E-state index < -0.39 is 0 Å². The zero-order chi connectivity index (χ0) is 13.5. The number of imidazole rings is 1. The van der Waals surface area contributed by atoms with Gasteiger partial charge in [-0.3, -0.25) is 4.79 Å². The maximum atomic E-state index is 11.4. The molecule has 1 heterocycles. The van der Waals surface area contributed by atoms with Crippen LogP contribution in [0.3, 0.4) is 0 Å². The molecule has 0 radical (unpaired) electrons. The number of nitrogens with one attached hydrogen (secondary N) is 1. The van der Waals surface area contributed by atoms with Gasteiger partial charge in [-0.15, -0.1) is 13.2 Å². The molecule has 0 fully saturated rings. The second kappa shape index (κ2) is 6.59. The third-order valence-corrected chi connectivity index (χ3v) is 2.48. The van der Waals surface area contributed by atoms with E-state index in [0.29, 0.717) is 25.1 Å². The second-order valence-electron chi connectivity index (χ2n) is 4.02. The number of carbonyl (C=O) groups excluding carboxylic acids is 1. The fourth-order valence-electron chi connectivity index (χ4n) is 1.56. The van der Waals surface area contributed by atoms with Gasteiger partial charge in [0.15, 0.2) is 0 Å². The fraction of sp³-hybridized carbons (Fsp3) is 0.286. The van der Waals surface area contributed by atoms with Crippen LogP contribution >= 0.6 is 0 Å². The lowest BCUT2D eigenvalue weighted by Gasteiger charge is -2.09. The predicted molar refractivity (Wildman–Crippen MR) is 73.0 cm³/mol. The first-order valence-electron chi connectivity index (χ1n) is 5.79. The van der Waals surface area contributed by atoms with Gasteiger partial charge in [0.1, 0.15) is 5.82 Å². The normalized spacial score (nSPS) is 9.83. The van der Waals surface area contributed by atoms with Gasteiger partial charge in [0.25, 0.3) is 0 Å². The largest absolute Gasteiger partial charge is 0.347 e. The van der Waals surface area contributed by atoms with Crippen LogP contribution in [0.4, 0.5) is 0 Å². The molecule has 0 spiro atoms. The SMILES string of the molecule is C=CCc1ncc(CNC(=O)C(=C)C)n1CC=C. The molecule has 0 aliphatic heterocycles.